The Balaban J connectivity index is 1.56. The highest BCUT2D eigenvalue weighted by Gasteiger charge is 2.53. The van der Waals surface area contributed by atoms with Gasteiger partial charge in [-0.2, -0.15) is 0 Å². The summed E-state index contributed by atoms with van der Waals surface area (Å²) in [6.07, 6.45) is 9.31. The molecule has 5 heterocycles. The van der Waals surface area contributed by atoms with E-state index in [4.69, 9.17) is 4.74 Å². The standard InChI is InChI=1S/C26H30N3O2/c1-3-19-17-29(16-18-6-10-27-11-7-18)13-9-20(19)14-25(29)26(30)22-8-12-28-24-5-4-21(31-2)15-23(22)24/h3-8,10-12,15,19-20,25-26,30H,1,9,13-14,16-17H2,2H3/q+1. The molecule has 5 atom stereocenters. The maximum atomic E-state index is 11.8. The summed E-state index contributed by atoms with van der Waals surface area (Å²) in [5.41, 5.74) is 3.11. The van der Waals surface area contributed by atoms with E-state index in [-0.39, 0.29) is 6.04 Å². The molecule has 5 heteroatoms. The molecule has 0 radical (unpaired) electrons. The van der Waals surface area contributed by atoms with Crippen LogP contribution in [0.25, 0.3) is 10.9 Å². The Morgan fingerprint density at radius 1 is 1.23 bits per heavy atom. The van der Waals surface area contributed by atoms with Crippen molar-refractivity contribution in [1.29, 1.82) is 0 Å². The molecular formula is C26H30N3O2+. The first-order chi connectivity index (χ1) is 15.1. The molecule has 1 aromatic carbocycles. The van der Waals surface area contributed by atoms with Crippen LogP contribution in [0.4, 0.5) is 0 Å². The van der Waals surface area contributed by atoms with Gasteiger partial charge in [-0.15, -0.1) is 6.58 Å². The Bertz CT molecular complexity index is 1090. The molecule has 5 nitrogen and oxygen atoms in total. The zero-order valence-corrected chi connectivity index (χ0v) is 18.0. The SMILES string of the molecule is C=CC1C[N+]2(Cc3ccncc3)CCC1CC2C(O)c1ccnc2ccc(OC)cc12. The van der Waals surface area contributed by atoms with E-state index >= 15 is 0 Å². The van der Waals surface area contributed by atoms with Gasteiger partial charge in [-0.3, -0.25) is 9.97 Å². The quantitative estimate of drug-likeness (QED) is 0.481. The molecule has 5 unspecified atom stereocenters. The Hall–Kier alpha value is -2.76. The minimum absolute atomic E-state index is 0.139. The fraction of sp³-hybridized carbons (Fsp3) is 0.385. The van der Waals surface area contributed by atoms with Gasteiger partial charge in [0, 0.05) is 48.3 Å². The number of piperidine rings is 3. The molecule has 160 valence electrons. The second kappa shape index (κ2) is 8.06. The number of ether oxygens (including phenoxy) is 1. The van der Waals surface area contributed by atoms with E-state index in [1.165, 1.54) is 12.0 Å². The first kappa shape index (κ1) is 20.2. The average Bonchev–Trinajstić information content (AvgIpc) is 2.83. The molecule has 1 N–H and O–H groups in total. The van der Waals surface area contributed by atoms with Crippen molar-refractivity contribution in [3.05, 3.63) is 78.8 Å². The van der Waals surface area contributed by atoms with E-state index in [2.05, 4.69) is 34.8 Å². The highest BCUT2D eigenvalue weighted by molar-refractivity contribution is 5.83. The van der Waals surface area contributed by atoms with Gasteiger partial charge in [-0.05, 0) is 47.9 Å². The summed E-state index contributed by atoms with van der Waals surface area (Å²) in [5.74, 6) is 1.89. The fourth-order valence-corrected chi connectivity index (χ4v) is 5.97. The summed E-state index contributed by atoms with van der Waals surface area (Å²) >= 11 is 0. The van der Waals surface area contributed by atoms with Crippen LogP contribution < -0.4 is 4.74 Å². The van der Waals surface area contributed by atoms with Gasteiger partial charge in [0.2, 0.25) is 0 Å². The number of quaternary nitrogens is 1. The summed E-state index contributed by atoms with van der Waals surface area (Å²) in [5, 5.41) is 12.8. The lowest BCUT2D eigenvalue weighted by Gasteiger charge is -2.58. The van der Waals surface area contributed by atoms with Crippen molar-refractivity contribution in [2.75, 3.05) is 20.2 Å². The minimum Gasteiger partial charge on any atom is -0.497 e. The predicted molar refractivity (Wildman–Crippen MR) is 121 cm³/mol. The van der Waals surface area contributed by atoms with Gasteiger partial charge in [0.25, 0.3) is 0 Å². The van der Waals surface area contributed by atoms with E-state index in [1.54, 1.807) is 7.11 Å². The van der Waals surface area contributed by atoms with E-state index in [0.29, 0.717) is 11.8 Å². The highest BCUT2D eigenvalue weighted by atomic mass is 16.5. The molecule has 3 saturated heterocycles. The monoisotopic (exact) mass is 416 g/mol. The van der Waals surface area contributed by atoms with Gasteiger partial charge in [0.1, 0.15) is 24.4 Å². The van der Waals surface area contributed by atoms with Gasteiger partial charge < -0.3 is 14.3 Å². The third kappa shape index (κ3) is 3.52. The maximum absolute atomic E-state index is 11.8. The second-order valence-electron chi connectivity index (χ2n) is 9.12. The summed E-state index contributed by atoms with van der Waals surface area (Å²) in [6.45, 7) is 7.16. The van der Waals surface area contributed by atoms with Crippen molar-refractivity contribution in [3.8, 4) is 5.75 Å². The molecule has 3 aliphatic rings. The zero-order valence-electron chi connectivity index (χ0n) is 18.0. The number of benzene rings is 1. The molecule has 2 bridgehead atoms. The number of hydrogen-bond acceptors (Lipinski definition) is 4. The number of methoxy groups -OCH3 is 1. The van der Waals surface area contributed by atoms with Crippen molar-refractivity contribution >= 4 is 10.9 Å². The maximum Gasteiger partial charge on any atom is 0.131 e. The number of fused-ring (bicyclic) bond motifs is 4. The highest BCUT2D eigenvalue weighted by Crippen LogP contribution is 2.48. The lowest BCUT2D eigenvalue weighted by molar-refractivity contribution is -0.984. The lowest BCUT2D eigenvalue weighted by atomic mass is 9.71. The molecule has 31 heavy (non-hydrogen) atoms. The van der Waals surface area contributed by atoms with Crippen molar-refractivity contribution in [2.24, 2.45) is 11.8 Å². The Morgan fingerprint density at radius 3 is 2.84 bits per heavy atom. The van der Waals surface area contributed by atoms with Crippen LogP contribution in [0.2, 0.25) is 0 Å². The summed E-state index contributed by atoms with van der Waals surface area (Å²) in [7, 11) is 1.67. The van der Waals surface area contributed by atoms with Crippen LogP contribution in [0.15, 0.2) is 67.6 Å². The topological polar surface area (TPSA) is 55.2 Å². The van der Waals surface area contributed by atoms with Crippen LogP contribution in [0.1, 0.15) is 30.1 Å². The van der Waals surface area contributed by atoms with E-state index in [1.807, 2.05) is 42.9 Å². The van der Waals surface area contributed by atoms with Crippen LogP contribution in [0, 0.1) is 11.8 Å². The molecule has 0 saturated carbocycles. The molecular weight excluding hydrogens is 386 g/mol. The first-order valence-electron chi connectivity index (χ1n) is 11.1. The van der Waals surface area contributed by atoms with Gasteiger partial charge >= 0.3 is 0 Å². The van der Waals surface area contributed by atoms with E-state index < -0.39 is 6.10 Å². The molecule has 0 amide bonds. The number of rotatable bonds is 6. The van der Waals surface area contributed by atoms with Gasteiger partial charge in [0.05, 0.1) is 25.7 Å². The molecule has 6 rings (SSSR count). The zero-order chi connectivity index (χ0) is 21.4. The van der Waals surface area contributed by atoms with Crippen LogP contribution in [-0.4, -0.2) is 45.8 Å². The van der Waals surface area contributed by atoms with Gasteiger partial charge in [-0.1, -0.05) is 6.08 Å². The molecule has 0 spiro atoms. The third-order valence-electron chi connectivity index (χ3n) is 7.59. The normalized spacial score (nSPS) is 28.4. The fourth-order valence-electron chi connectivity index (χ4n) is 5.97. The van der Waals surface area contributed by atoms with Crippen LogP contribution in [-0.2, 0) is 6.54 Å². The average molecular weight is 417 g/mol. The summed E-state index contributed by atoms with van der Waals surface area (Å²) in [4.78, 5) is 8.70. The smallest absolute Gasteiger partial charge is 0.131 e. The molecule has 3 fully saturated rings. The van der Waals surface area contributed by atoms with Gasteiger partial charge in [-0.25, -0.2) is 0 Å². The lowest BCUT2D eigenvalue weighted by Crippen LogP contribution is -2.67. The number of aliphatic hydroxyl groups is 1. The summed E-state index contributed by atoms with van der Waals surface area (Å²) < 4.78 is 6.34. The number of nitrogens with zero attached hydrogens (tertiary/aromatic N) is 3. The van der Waals surface area contributed by atoms with Crippen LogP contribution in [0.3, 0.4) is 0 Å². The van der Waals surface area contributed by atoms with Gasteiger partial charge in [0.15, 0.2) is 0 Å². The Labute approximate surface area is 183 Å². The first-order valence-corrected chi connectivity index (χ1v) is 11.1. The van der Waals surface area contributed by atoms with Crippen molar-refractivity contribution in [3.63, 3.8) is 0 Å². The third-order valence-corrected chi connectivity index (χ3v) is 7.59. The van der Waals surface area contributed by atoms with Crippen LogP contribution >= 0.6 is 0 Å². The van der Waals surface area contributed by atoms with Crippen LogP contribution in [0.5, 0.6) is 5.75 Å². The number of hydrogen-bond donors (Lipinski definition) is 1. The Kier molecular flexibility index (Phi) is 5.24. The molecule has 3 aliphatic heterocycles. The second-order valence-corrected chi connectivity index (χ2v) is 9.12. The number of aromatic nitrogens is 2. The molecule has 0 aliphatic carbocycles. The largest absolute Gasteiger partial charge is 0.497 e. The molecule has 2 aromatic heterocycles. The van der Waals surface area contributed by atoms with Crippen molar-refractivity contribution in [2.45, 2.75) is 31.5 Å². The predicted octanol–water partition coefficient (Wildman–Crippen LogP) is 4.28. The number of aliphatic hydroxyl groups excluding tert-OH is 1. The summed E-state index contributed by atoms with van der Waals surface area (Å²) in [6, 6.07) is 12.2. The van der Waals surface area contributed by atoms with Crippen molar-refractivity contribution in [1.82, 2.24) is 9.97 Å². The Morgan fingerprint density at radius 2 is 2.06 bits per heavy atom. The molecule has 3 aromatic rings. The number of pyridine rings is 2. The van der Waals surface area contributed by atoms with E-state index in [0.717, 1.165) is 52.8 Å². The van der Waals surface area contributed by atoms with E-state index in [9.17, 15) is 5.11 Å². The minimum atomic E-state index is -0.562. The van der Waals surface area contributed by atoms with Crippen molar-refractivity contribution < 1.29 is 14.3 Å².